The van der Waals surface area contributed by atoms with Gasteiger partial charge in [0.05, 0.1) is 6.10 Å². The Morgan fingerprint density at radius 3 is 2.64 bits per heavy atom. The Morgan fingerprint density at radius 2 is 1.84 bits per heavy atom. The predicted molar refractivity (Wildman–Crippen MR) is 104 cm³/mol. The van der Waals surface area contributed by atoms with Crippen LogP contribution < -0.4 is 5.73 Å². The van der Waals surface area contributed by atoms with Crippen molar-refractivity contribution < 1.29 is 4.74 Å². The highest BCUT2D eigenvalue weighted by Gasteiger charge is 2.57. The lowest BCUT2D eigenvalue weighted by atomic mass is 9.47. The highest BCUT2D eigenvalue weighted by Crippen LogP contribution is 2.66. The highest BCUT2D eigenvalue weighted by molar-refractivity contribution is 5.28. The van der Waals surface area contributed by atoms with Crippen LogP contribution in [0.25, 0.3) is 0 Å². The van der Waals surface area contributed by atoms with Gasteiger partial charge in [-0.1, -0.05) is 37.6 Å². The standard InChI is InChI=1S/C23H37NO/c1-16-5-8-20-19-7-6-17-15-18(25-14-4-13-24)9-11-23(17,3)21(19)10-12-22(16,20)2/h15,18-21H,1,4-14,24H2,2-3H3/t18-,19?,20?,21?,22+,23-/m0/s1. The van der Waals surface area contributed by atoms with Crippen molar-refractivity contribution in [2.24, 2.45) is 34.3 Å². The van der Waals surface area contributed by atoms with Crippen molar-refractivity contribution in [1.29, 1.82) is 0 Å². The van der Waals surface area contributed by atoms with Crippen LogP contribution in [0.4, 0.5) is 0 Å². The summed E-state index contributed by atoms with van der Waals surface area (Å²) in [5.74, 6) is 2.71. The topological polar surface area (TPSA) is 35.2 Å². The molecule has 4 aliphatic rings. The number of hydrogen-bond donors (Lipinski definition) is 1. The summed E-state index contributed by atoms with van der Waals surface area (Å²) in [7, 11) is 0. The largest absolute Gasteiger partial charge is 0.374 e. The molecule has 140 valence electrons. The molecule has 0 aromatic carbocycles. The molecule has 0 bridgehead atoms. The molecule has 0 spiro atoms. The minimum Gasteiger partial charge on any atom is -0.374 e. The van der Waals surface area contributed by atoms with Gasteiger partial charge in [0, 0.05) is 6.61 Å². The molecule has 0 saturated heterocycles. The van der Waals surface area contributed by atoms with Crippen LogP contribution in [0.3, 0.4) is 0 Å². The van der Waals surface area contributed by atoms with Gasteiger partial charge in [-0.05, 0) is 92.9 Å². The Morgan fingerprint density at radius 1 is 1.08 bits per heavy atom. The third-order valence-electron chi connectivity index (χ3n) is 8.71. The predicted octanol–water partition coefficient (Wildman–Crippen LogP) is 5.24. The van der Waals surface area contributed by atoms with Gasteiger partial charge in [-0.2, -0.15) is 0 Å². The number of ether oxygens (including phenoxy) is 1. The highest BCUT2D eigenvalue weighted by atomic mass is 16.5. The van der Waals surface area contributed by atoms with Crippen molar-refractivity contribution in [2.75, 3.05) is 13.2 Å². The molecule has 0 radical (unpaired) electrons. The summed E-state index contributed by atoms with van der Waals surface area (Å²) in [5.41, 5.74) is 9.76. The fraction of sp³-hybridized carbons (Fsp3) is 0.826. The second kappa shape index (κ2) is 6.53. The normalized spacial score (nSPS) is 46.2. The molecule has 2 heteroatoms. The molecule has 2 N–H and O–H groups in total. The molecule has 6 atom stereocenters. The summed E-state index contributed by atoms with van der Waals surface area (Å²) in [6, 6.07) is 0. The van der Waals surface area contributed by atoms with Crippen molar-refractivity contribution in [2.45, 2.75) is 77.7 Å². The molecule has 3 fully saturated rings. The Kier molecular flexibility index (Phi) is 4.65. The lowest BCUT2D eigenvalue weighted by Crippen LogP contribution is -2.49. The molecular weight excluding hydrogens is 306 g/mol. The number of fused-ring (bicyclic) bond motifs is 5. The van der Waals surface area contributed by atoms with Crippen molar-refractivity contribution >= 4 is 0 Å². The molecule has 25 heavy (non-hydrogen) atoms. The van der Waals surface area contributed by atoms with E-state index in [0.717, 1.165) is 37.3 Å². The van der Waals surface area contributed by atoms with E-state index in [-0.39, 0.29) is 0 Å². The minimum atomic E-state index is 0.339. The number of hydrogen-bond acceptors (Lipinski definition) is 2. The number of nitrogens with two attached hydrogens (primary N) is 1. The quantitative estimate of drug-likeness (QED) is 0.559. The molecule has 0 aromatic rings. The maximum absolute atomic E-state index is 6.08. The molecule has 4 aliphatic carbocycles. The Hall–Kier alpha value is -0.600. The van der Waals surface area contributed by atoms with Crippen LogP contribution in [-0.4, -0.2) is 19.3 Å². The fourth-order valence-electron chi connectivity index (χ4n) is 7.05. The van der Waals surface area contributed by atoms with Gasteiger partial charge in [0.25, 0.3) is 0 Å². The first-order chi connectivity index (χ1) is 12.0. The van der Waals surface area contributed by atoms with Crippen molar-refractivity contribution in [3.8, 4) is 0 Å². The van der Waals surface area contributed by atoms with Gasteiger partial charge < -0.3 is 10.5 Å². The van der Waals surface area contributed by atoms with E-state index in [1.807, 2.05) is 0 Å². The summed E-state index contributed by atoms with van der Waals surface area (Å²) in [6.07, 6.45) is 14.5. The second-order valence-electron chi connectivity index (χ2n) is 9.71. The van der Waals surface area contributed by atoms with Crippen LogP contribution in [0.5, 0.6) is 0 Å². The summed E-state index contributed by atoms with van der Waals surface area (Å²) in [5, 5.41) is 0. The summed E-state index contributed by atoms with van der Waals surface area (Å²) in [4.78, 5) is 0. The van der Waals surface area contributed by atoms with E-state index in [9.17, 15) is 0 Å². The van der Waals surface area contributed by atoms with Crippen LogP contribution in [0, 0.1) is 28.6 Å². The minimum absolute atomic E-state index is 0.339. The summed E-state index contributed by atoms with van der Waals surface area (Å²) < 4.78 is 6.08. The smallest absolute Gasteiger partial charge is 0.0758 e. The van der Waals surface area contributed by atoms with E-state index in [4.69, 9.17) is 10.5 Å². The number of allylic oxidation sites excluding steroid dienone is 2. The van der Waals surface area contributed by atoms with Gasteiger partial charge >= 0.3 is 0 Å². The molecule has 3 saturated carbocycles. The summed E-state index contributed by atoms with van der Waals surface area (Å²) in [6.45, 7) is 11.1. The maximum Gasteiger partial charge on any atom is 0.0758 e. The Bertz CT molecular complexity index is 566. The van der Waals surface area contributed by atoms with Crippen LogP contribution >= 0.6 is 0 Å². The van der Waals surface area contributed by atoms with E-state index in [2.05, 4.69) is 26.5 Å². The lowest BCUT2D eigenvalue weighted by Gasteiger charge is -2.58. The molecule has 4 rings (SSSR count). The van der Waals surface area contributed by atoms with E-state index in [1.165, 1.54) is 51.4 Å². The van der Waals surface area contributed by atoms with Gasteiger partial charge in [0.2, 0.25) is 0 Å². The average Bonchev–Trinajstić information content (AvgIpc) is 2.90. The Balaban J connectivity index is 1.53. The lowest BCUT2D eigenvalue weighted by molar-refractivity contribution is -0.0368. The fourth-order valence-corrected chi connectivity index (χ4v) is 7.05. The monoisotopic (exact) mass is 343 g/mol. The van der Waals surface area contributed by atoms with E-state index in [1.54, 1.807) is 11.1 Å². The second-order valence-corrected chi connectivity index (χ2v) is 9.71. The number of rotatable bonds is 4. The van der Waals surface area contributed by atoms with E-state index >= 15 is 0 Å². The van der Waals surface area contributed by atoms with Crippen molar-refractivity contribution in [3.05, 3.63) is 23.8 Å². The van der Waals surface area contributed by atoms with Crippen LogP contribution in [0.15, 0.2) is 23.8 Å². The van der Waals surface area contributed by atoms with Gasteiger partial charge in [-0.25, -0.2) is 0 Å². The zero-order valence-electron chi connectivity index (χ0n) is 16.4. The van der Waals surface area contributed by atoms with E-state index < -0.39 is 0 Å². The molecular formula is C23H37NO. The SMILES string of the molecule is C=C1CCC2C3CCC4=C[C@@H](OCCCN)CC[C@]4(C)C3CC[C@]12C. The van der Waals surface area contributed by atoms with Crippen LogP contribution in [-0.2, 0) is 4.74 Å². The Labute approximate surface area is 154 Å². The first kappa shape index (κ1) is 17.8. The first-order valence-corrected chi connectivity index (χ1v) is 10.7. The van der Waals surface area contributed by atoms with E-state index in [0.29, 0.717) is 16.9 Å². The third kappa shape index (κ3) is 2.75. The van der Waals surface area contributed by atoms with Crippen LogP contribution in [0.2, 0.25) is 0 Å². The molecule has 0 aromatic heterocycles. The molecule has 0 aliphatic heterocycles. The zero-order chi connectivity index (χ0) is 17.7. The average molecular weight is 344 g/mol. The molecule has 0 heterocycles. The van der Waals surface area contributed by atoms with Crippen molar-refractivity contribution in [3.63, 3.8) is 0 Å². The third-order valence-corrected chi connectivity index (χ3v) is 8.71. The molecule has 2 nitrogen and oxygen atoms in total. The van der Waals surface area contributed by atoms with Gasteiger partial charge in [-0.15, -0.1) is 0 Å². The van der Waals surface area contributed by atoms with Gasteiger partial charge in [0.15, 0.2) is 0 Å². The van der Waals surface area contributed by atoms with Gasteiger partial charge in [0.1, 0.15) is 0 Å². The zero-order valence-corrected chi connectivity index (χ0v) is 16.4. The maximum atomic E-state index is 6.08. The molecule has 3 unspecified atom stereocenters. The summed E-state index contributed by atoms with van der Waals surface area (Å²) >= 11 is 0. The van der Waals surface area contributed by atoms with Crippen LogP contribution in [0.1, 0.15) is 71.6 Å². The first-order valence-electron chi connectivity index (χ1n) is 10.7. The van der Waals surface area contributed by atoms with Crippen molar-refractivity contribution in [1.82, 2.24) is 0 Å². The molecule has 0 amide bonds. The van der Waals surface area contributed by atoms with Gasteiger partial charge in [-0.3, -0.25) is 0 Å².